The van der Waals surface area contributed by atoms with Gasteiger partial charge < -0.3 is 0 Å². The van der Waals surface area contributed by atoms with Crippen LogP contribution in [0.5, 0.6) is 0 Å². The summed E-state index contributed by atoms with van der Waals surface area (Å²) < 4.78 is 0. The number of hydrogen-bond acceptors (Lipinski definition) is 2. The van der Waals surface area contributed by atoms with Gasteiger partial charge in [0.05, 0.1) is 12.5 Å². The van der Waals surface area contributed by atoms with Crippen LogP contribution in [0.25, 0.3) is 0 Å². The Morgan fingerprint density at radius 2 is 1.22 bits per heavy atom. The summed E-state index contributed by atoms with van der Waals surface area (Å²) in [6.45, 7) is 8.00. The average Bonchev–Trinajstić information content (AvgIpc) is 2.62. The van der Waals surface area contributed by atoms with E-state index in [0.717, 1.165) is 11.1 Å². The second-order valence-corrected chi connectivity index (χ2v) is 3.50. The molecule has 119 valence electrons. The summed E-state index contributed by atoms with van der Waals surface area (Å²) in [5.41, 5.74) is 2.04. The molecule has 3 heteroatoms. The fraction of sp³-hybridized carbons (Fsp3) is 0.250. The van der Waals surface area contributed by atoms with Gasteiger partial charge in [0.2, 0.25) is 0 Å². The zero-order valence-electron chi connectivity index (χ0n) is 14.5. The average molecular weight is 382 g/mol. The Morgan fingerprint density at radius 3 is 1.61 bits per heavy atom. The van der Waals surface area contributed by atoms with Gasteiger partial charge in [0.25, 0.3) is 0 Å². The van der Waals surface area contributed by atoms with Crippen molar-refractivity contribution in [1.29, 1.82) is 10.5 Å². The van der Waals surface area contributed by atoms with Gasteiger partial charge in [-0.1, -0.05) is 70.5 Å². The molecule has 23 heavy (non-hydrogen) atoms. The SMILES string of the molecule is CC.CC.N#CCc1ccccc1.N#C[CH-]c1ccccc1.[Y]. The van der Waals surface area contributed by atoms with E-state index in [1.807, 2.05) is 94.4 Å². The van der Waals surface area contributed by atoms with Crippen molar-refractivity contribution in [3.8, 4) is 12.1 Å². The van der Waals surface area contributed by atoms with Crippen LogP contribution < -0.4 is 0 Å². The first-order valence-corrected chi connectivity index (χ1v) is 7.55. The molecule has 1 radical (unpaired) electrons. The van der Waals surface area contributed by atoms with E-state index in [1.54, 1.807) is 0 Å². The van der Waals surface area contributed by atoms with E-state index in [-0.39, 0.29) is 32.7 Å². The van der Waals surface area contributed by atoms with Crippen LogP contribution in [-0.4, -0.2) is 0 Å². The zero-order chi connectivity index (χ0) is 17.1. The molecule has 0 aromatic heterocycles. The molecular formula is C20H25N2Y-. The van der Waals surface area contributed by atoms with Gasteiger partial charge >= 0.3 is 0 Å². The van der Waals surface area contributed by atoms with Crippen LogP contribution in [0.3, 0.4) is 0 Å². The van der Waals surface area contributed by atoms with Crippen LogP contribution in [0.2, 0.25) is 0 Å². The number of hydrogen-bond donors (Lipinski definition) is 0. The predicted molar refractivity (Wildman–Crippen MR) is 93.9 cm³/mol. The molecule has 0 aliphatic heterocycles. The minimum atomic E-state index is 0. The van der Waals surface area contributed by atoms with Crippen molar-refractivity contribution in [1.82, 2.24) is 0 Å². The fourth-order valence-corrected chi connectivity index (χ4v) is 1.31. The Labute approximate surface area is 167 Å². The number of nitrogens with zero attached hydrogens (tertiary/aromatic N) is 2. The Hall–Kier alpha value is -1.61. The van der Waals surface area contributed by atoms with Crippen molar-refractivity contribution in [2.75, 3.05) is 0 Å². The molecule has 0 spiro atoms. The van der Waals surface area contributed by atoms with E-state index in [4.69, 9.17) is 10.5 Å². The first-order chi connectivity index (χ1) is 10.9. The third kappa shape index (κ3) is 16.6. The normalized spacial score (nSPS) is 6.87. The molecule has 0 atom stereocenters. The summed E-state index contributed by atoms with van der Waals surface area (Å²) in [4.78, 5) is 0. The van der Waals surface area contributed by atoms with Gasteiger partial charge in [0, 0.05) is 38.8 Å². The minimum absolute atomic E-state index is 0. The summed E-state index contributed by atoms with van der Waals surface area (Å²) in [6.07, 6.45) is 2.03. The van der Waals surface area contributed by atoms with E-state index in [1.165, 1.54) is 6.42 Å². The van der Waals surface area contributed by atoms with Crippen LogP contribution in [0.4, 0.5) is 0 Å². The molecular weight excluding hydrogens is 357 g/mol. The fourth-order valence-electron chi connectivity index (χ4n) is 1.31. The monoisotopic (exact) mass is 382 g/mol. The maximum atomic E-state index is 8.27. The first kappa shape index (κ1) is 26.3. The molecule has 2 aromatic rings. The maximum absolute atomic E-state index is 8.27. The van der Waals surface area contributed by atoms with Crippen molar-refractivity contribution in [2.45, 2.75) is 34.1 Å². The molecule has 0 N–H and O–H groups in total. The smallest absolute Gasteiger partial charge is 0.0669 e. The van der Waals surface area contributed by atoms with Gasteiger partial charge in [-0.15, -0.1) is 12.1 Å². The minimum Gasteiger partial charge on any atom is -0.208 e. The second kappa shape index (κ2) is 22.7. The van der Waals surface area contributed by atoms with Crippen LogP contribution in [-0.2, 0) is 39.1 Å². The van der Waals surface area contributed by atoms with Crippen molar-refractivity contribution in [3.63, 3.8) is 0 Å². The summed E-state index contributed by atoms with van der Waals surface area (Å²) in [5, 5.41) is 16.5. The molecule has 2 nitrogen and oxygen atoms in total. The summed E-state index contributed by atoms with van der Waals surface area (Å²) in [5.74, 6) is 0. The third-order valence-electron chi connectivity index (χ3n) is 2.16. The van der Waals surface area contributed by atoms with Crippen molar-refractivity contribution < 1.29 is 32.7 Å². The summed E-state index contributed by atoms with van der Waals surface area (Å²) in [6, 6.07) is 23.3. The summed E-state index contributed by atoms with van der Waals surface area (Å²) in [7, 11) is 0. The molecule has 2 rings (SSSR count). The molecule has 0 fully saturated rings. The van der Waals surface area contributed by atoms with Crippen molar-refractivity contribution >= 4 is 0 Å². The van der Waals surface area contributed by atoms with Gasteiger partial charge in [-0.3, -0.25) is 0 Å². The van der Waals surface area contributed by atoms with Crippen LogP contribution in [0.15, 0.2) is 60.7 Å². The van der Waals surface area contributed by atoms with Crippen molar-refractivity contribution in [3.05, 3.63) is 78.2 Å². The molecule has 0 unspecified atom stereocenters. The van der Waals surface area contributed by atoms with Crippen LogP contribution in [0, 0.1) is 29.1 Å². The van der Waals surface area contributed by atoms with Gasteiger partial charge in [-0.25, -0.2) is 5.26 Å². The van der Waals surface area contributed by atoms with E-state index in [9.17, 15) is 0 Å². The number of rotatable bonds is 2. The molecule has 0 aliphatic carbocycles. The van der Waals surface area contributed by atoms with E-state index >= 15 is 0 Å². The Morgan fingerprint density at radius 1 is 0.783 bits per heavy atom. The van der Waals surface area contributed by atoms with Crippen LogP contribution in [0.1, 0.15) is 38.8 Å². The molecule has 0 saturated carbocycles. The third-order valence-corrected chi connectivity index (χ3v) is 2.16. The topological polar surface area (TPSA) is 47.6 Å². The van der Waals surface area contributed by atoms with Crippen molar-refractivity contribution in [2.24, 2.45) is 0 Å². The number of nitriles is 2. The second-order valence-electron chi connectivity index (χ2n) is 3.50. The van der Waals surface area contributed by atoms with E-state index in [0.29, 0.717) is 6.42 Å². The maximum Gasteiger partial charge on any atom is 0.0669 e. The predicted octanol–water partition coefficient (Wildman–Crippen LogP) is 5.57. The largest absolute Gasteiger partial charge is 0.208 e. The van der Waals surface area contributed by atoms with Gasteiger partial charge in [0.1, 0.15) is 0 Å². The van der Waals surface area contributed by atoms with Gasteiger partial charge in [-0.2, -0.15) is 23.0 Å². The Balaban J connectivity index is -0.000000276. The van der Waals surface area contributed by atoms with Crippen LogP contribution >= 0.6 is 0 Å². The first-order valence-electron chi connectivity index (χ1n) is 7.55. The Bertz CT molecular complexity index is 474. The van der Waals surface area contributed by atoms with E-state index in [2.05, 4.69) is 6.07 Å². The van der Waals surface area contributed by atoms with Gasteiger partial charge in [0.15, 0.2) is 0 Å². The number of benzene rings is 2. The summed E-state index contributed by atoms with van der Waals surface area (Å²) >= 11 is 0. The molecule has 0 aliphatic rings. The molecule has 0 saturated heterocycles. The molecule has 0 amide bonds. The molecule has 2 aromatic carbocycles. The quantitative estimate of drug-likeness (QED) is 0.638. The van der Waals surface area contributed by atoms with Gasteiger partial charge in [-0.05, 0) is 5.56 Å². The standard InChI is InChI=1S/C8H7N.C8H6N.2C2H6.Y/c2*9-7-6-8-4-2-1-3-5-8;2*1-2;/h1-5H,6H2;1-6H;2*1-2H3;/q;-1;;;. The molecule has 0 heterocycles. The zero-order valence-corrected chi connectivity index (χ0v) is 17.4. The Kier molecular flexibility index (Phi) is 25.9. The molecule has 0 bridgehead atoms. The van der Waals surface area contributed by atoms with E-state index < -0.39 is 0 Å².